The van der Waals surface area contributed by atoms with E-state index in [0.717, 1.165) is 18.1 Å². The highest BCUT2D eigenvalue weighted by molar-refractivity contribution is 7.89. The lowest BCUT2D eigenvalue weighted by Gasteiger charge is -2.09. The van der Waals surface area contributed by atoms with Gasteiger partial charge in [-0.25, -0.2) is 12.8 Å². The zero-order chi connectivity index (χ0) is 17.6. The number of sulfone groups is 1. The quantitative estimate of drug-likeness (QED) is 0.932. The third kappa shape index (κ3) is 6.61. The van der Waals surface area contributed by atoms with Crippen LogP contribution in [-0.4, -0.2) is 32.0 Å². The predicted octanol–water partition coefficient (Wildman–Crippen LogP) is 3.34. The zero-order valence-electron chi connectivity index (χ0n) is 13.2. The van der Waals surface area contributed by atoms with Gasteiger partial charge in [0.15, 0.2) is 0 Å². The first-order valence-corrected chi connectivity index (χ1v) is 9.12. The van der Waals surface area contributed by atoms with Gasteiger partial charge in [-0.05, 0) is 24.1 Å². The highest BCUT2D eigenvalue weighted by Gasteiger charge is 2.15. The van der Waals surface area contributed by atoms with E-state index < -0.39 is 27.5 Å². The van der Waals surface area contributed by atoms with E-state index in [-0.39, 0.29) is 0 Å². The second-order valence-corrected chi connectivity index (χ2v) is 7.59. The van der Waals surface area contributed by atoms with Gasteiger partial charge in [0.2, 0.25) is 0 Å². The first-order chi connectivity index (χ1) is 10.6. The minimum atomic E-state index is -2.67. The van der Waals surface area contributed by atoms with E-state index >= 15 is 0 Å². The minimum absolute atomic E-state index is 0.396. The Morgan fingerprint density at radius 2 is 1.61 bits per heavy atom. The van der Waals surface area contributed by atoms with Crippen LogP contribution >= 0.6 is 0 Å². The van der Waals surface area contributed by atoms with Gasteiger partial charge in [0.1, 0.15) is 15.7 Å². The molecule has 1 atom stereocenters. The summed E-state index contributed by atoms with van der Waals surface area (Å²) in [6.07, 6.45) is 2.32. The van der Waals surface area contributed by atoms with E-state index in [9.17, 15) is 17.6 Å². The van der Waals surface area contributed by atoms with Crippen LogP contribution in [0.1, 0.15) is 18.4 Å². The van der Waals surface area contributed by atoms with Crippen molar-refractivity contribution >= 4 is 15.8 Å². The molecule has 0 spiro atoms. The van der Waals surface area contributed by atoms with Crippen molar-refractivity contribution in [1.82, 2.24) is 0 Å². The van der Waals surface area contributed by atoms with Crippen molar-refractivity contribution in [2.24, 2.45) is 0 Å². The molecular formula is C17H19FO4S. The Labute approximate surface area is 135 Å². The van der Waals surface area contributed by atoms with Crippen molar-refractivity contribution in [2.75, 3.05) is 12.5 Å². The van der Waals surface area contributed by atoms with Crippen LogP contribution in [0.5, 0.6) is 0 Å². The molecule has 1 unspecified atom stereocenters. The highest BCUT2D eigenvalue weighted by atomic mass is 32.2. The Kier molecular flexibility index (Phi) is 6.45. The van der Waals surface area contributed by atoms with Crippen LogP contribution in [0.3, 0.4) is 0 Å². The number of aliphatic carboxylic acids is 1. The van der Waals surface area contributed by atoms with Gasteiger partial charge in [-0.3, -0.25) is 4.79 Å². The molecule has 2 aromatic carbocycles. The van der Waals surface area contributed by atoms with Crippen molar-refractivity contribution in [3.8, 4) is 11.1 Å². The van der Waals surface area contributed by atoms with E-state index in [1.165, 1.54) is 6.07 Å². The molecule has 4 nitrogen and oxygen atoms in total. The topological polar surface area (TPSA) is 71.4 Å². The first kappa shape index (κ1) is 18.8. The van der Waals surface area contributed by atoms with Crippen molar-refractivity contribution < 1.29 is 22.7 Å². The lowest BCUT2D eigenvalue weighted by Crippen LogP contribution is -2.07. The third-order valence-corrected chi connectivity index (χ3v) is 2.95. The number of halogens is 1. The molecule has 0 saturated heterocycles. The largest absolute Gasteiger partial charge is 0.481 e. The van der Waals surface area contributed by atoms with Gasteiger partial charge in [-0.1, -0.05) is 42.5 Å². The van der Waals surface area contributed by atoms with E-state index in [4.69, 9.17) is 5.11 Å². The van der Waals surface area contributed by atoms with Gasteiger partial charge in [-0.15, -0.1) is 0 Å². The molecule has 1 N–H and O–H groups in total. The fourth-order valence-electron chi connectivity index (χ4n) is 1.80. The number of hydrogen-bond donors (Lipinski definition) is 1. The van der Waals surface area contributed by atoms with Crippen LogP contribution in [0.2, 0.25) is 0 Å². The van der Waals surface area contributed by atoms with E-state index in [2.05, 4.69) is 0 Å². The fraction of sp³-hybridized carbons (Fsp3) is 0.235. The van der Waals surface area contributed by atoms with Crippen molar-refractivity contribution in [1.29, 1.82) is 0 Å². The highest BCUT2D eigenvalue weighted by Crippen LogP contribution is 2.26. The first-order valence-electron chi connectivity index (χ1n) is 6.82. The molecule has 124 valence electrons. The van der Waals surface area contributed by atoms with Gasteiger partial charge in [0.25, 0.3) is 0 Å². The summed E-state index contributed by atoms with van der Waals surface area (Å²) in [5, 5.41) is 8.89. The lowest BCUT2D eigenvalue weighted by molar-refractivity contribution is -0.138. The van der Waals surface area contributed by atoms with E-state index in [1.54, 1.807) is 19.1 Å². The summed E-state index contributed by atoms with van der Waals surface area (Å²) in [5.41, 5.74) is 1.74. The summed E-state index contributed by atoms with van der Waals surface area (Å²) in [5.74, 6) is -2.06. The van der Waals surface area contributed by atoms with E-state index in [0.29, 0.717) is 11.1 Å². The molecule has 2 rings (SSSR count). The molecule has 23 heavy (non-hydrogen) atoms. The number of benzene rings is 2. The molecule has 6 heteroatoms. The van der Waals surface area contributed by atoms with Crippen LogP contribution < -0.4 is 0 Å². The van der Waals surface area contributed by atoms with Gasteiger partial charge < -0.3 is 5.11 Å². The average Bonchev–Trinajstić information content (AvgIpc) is 2.45. The molecule has 0 bridgehead atoms. The van der Waals surface area contributed by atoms with Gasteiger partial charge in [0, 0.05) is 18.1 Å². The SMILES string of the molecule is CC(C(=O)O)c1ccc(-c2ccccc2)c(F)c1.CS(C)(=O)=O. The number of carbonyl (C=O) groups is 1. The third-order valence-electron chi connectivity index (χ3n) is 2.95. The van der Waals surface area contributed by atoms with Crippen LogP contribution in [0.15, 0.2) is 48.5 Å². The minimum Gasteiger partial charge on any atom is -0.481 e. The van der Waals surface area contributed by atoms with Crippen LogP contribution in [0, 0.1) is 5.82 Å². The maximum Gasteiger partial charge on any atom is 0.310 e. The maximum atomic E-state index is 14.0. The Morgan fingerprint density at radius 1 is 1.09 bits per heavy atom. The Hall–Kier alpha value is -2.21. The summed E-state index contributed by atoms with van der Waals surface area (Å²) < 4.78 is 33.2. The molecule has 0 amide bonds. The molecule has 0 saturated carbocycles. The van der Waals surface area contributed by atoms with Gasteiger partial charge in [-0.2, -0.15) is 0 Å². The summed E-state index contributed by atoms with van der Waals surface area (Å²) in [7, 11) is -2.67. The molecule has 0 aromatic heterocycles. The standard InChI is InChI=1S/C15H13FO2.C2H6O2S/c1-10(15(17)18)12-7-8-13(14(16)9-12)11-5-3-2-4-6-11;1-5(2,3)4/h2-10H,1H3,(H,17,18);1-2H3. The van der Waals surface area contributed by atoms with E-state index in [1.807, 2.05) is 30.3 Å². The van der Waals surface area contributed by atoms with Crippen LogP contribution in [-0.2, 0) is 14.6 Å². The average molecular weight is 338 g/mol. The van der Waals surface area contributed by atoms with Gasteiger partial charge >= 0.3 is 5.97 Å². The monoisotopic (exact) mass is 338 g/mol. The molecule has 0 radical (unpaired) electrons. The molecule has 0 aliphatic carbocycles. The molecule has 0 heterocycles. The second kappa shape index (κ2) is 7.87. The van der Waals surface area contributed by atoms with Crippen LogP contribution in [0.25, 0.3) is 11.1 Å². The van der Waals surface area contributed by atoms with Crippen molar-refractivity contribution in [2.45, 2.75) is 12.8 Å². The Morgan fingerprint density at radius 3 is 2.04 bits per heavy atom. The molecule has 2 aromatic rings. The lowest BCUT2D eigenvalue weighted by atomic mass is 9.97. The van der Waals surface area contributed by atoms with Crippen molar-refractivity contribution in [3.63, 3.8) is 0 Å². The fourth-order valence-corrected chi connectivity index (χ4v) is 1.80. The molecular weight excluding hydrogens is 319 g/mol. The Bertz CT molecular complexity index is 762. The number of hydrogen-bond acceptors (Lipinski definition) is 3. The van der Waals surface area contributed by atoms with Crippen molar-refractivity contribution in [3.05, 3.63) is 59.9 Å². The number of rotatable bonds is 3. The van der Waals surface area contributed by atoms with Gasteiger partial charge in [0.05, 0.1) is 5.92 Å². The van der Waals surface area contributed by atoms with Crippen LogP contribution in [0.4, 0.5) is 4.39 Å². The zero-order valence-corrected chi connectivity index (χ0v) is 14.0. The predicted molar refractivity (Wildman–Crippen MR) is 88.7 cm³/mol. The number of carboxylic acid groups (broad SMARTS) is 1. The second-order valence-electron chi connectivity index (χ2n) is 5.31. The number of carboxylic acids is 1. The molecule has 0 aliphatic heterocycles. The summed E-state index contributed by atoms with van der Waals surface area (Å²) in [4.78, 5) is 10.8. The maximum absolute atomic E-state index is 14.0. The smallest absolute Gasteiger partial charge is 0.310 e. The summed E-state index contributed by atoms with van der Waals surface area (Å²) in [6, 6.07) is 13.7. The Balaban J connectivity index is 0.000000463. The molecule has 0 aliphatic rings. The summed E-state index contributed by atoms with van der Waals surface area (Å²) in [6.45, 7) is 1.54. The summed E-state index contributed by atoms with van der Waals surface area (Å²) >= 11 is 0. The molecule has 0 fully saturated rings. The normalized spacial score (nSPS) is 12.0.